The number of piperidine rings is 1. The molecule has 6 heteroatoms. The van der Waals surface area contributed by atoms with E-state index in [0.717, 1.165) is 25.7 Å². The van der Waals surface area contributed by atoms with Crippen LogP contribution in [0.15, 0.2) is 10.6 Å². The van der Waals surface area contributed by atoms with Crippen LogP contribution in [0, 0.1) is 12.8 Å². The number of hydrogen-bond acceptors (Lipinski definition) is 4. The van der Waals surface area contributed by atoms with Crippen molar-refractivity contribution in [3.05, 3.63) is 17.5 Å². The van der Waals surface area contributed by atoms with Crippen molar-refractivity contribution < 1.29 is 14.1 Å². The molecule has 0 bridgehead atoms. The summed E-state index contributed by atoms with van der Waals surface area (Å²) < 4.78 is 4.93. The summed E-state index contributed by atoms with van der Waals surface area (Å²) in [7, 11) is 0. The maximum absolute atomic E-state index is 12.3. The third-order valence-electron chi connectivity index (χ3n) is 3.85. The first-order chi connectivity index (χ1) is 9.63. The van der Waals surface area contributed by atoms with Crippen LogP contribution in [0.25, 0.3) is 0 Å². The SMILES string of the molecule is Cc1cc(C(=O)N2CCCC(C(=O)NC3CC3)C2)no1. The normalized spacial score (nSPS) is 22.6. The van der Waals surface area contributed by atoms with E-state index in [-0.39, 0.29) is 17.7 Å². The van der Waals surface area contributed by atoms with Gasteiger partial charge < -0.3 is 14.7 Å². The molecule has 108 valence electrons. The molecule has 1 saturated carbocycles. The molecule has 1 saturated heterocycles. The van der Waals surface area contributed by atoms with Crippen molar-refractivity contribution in [2.75, 3.05) is 13.1 Å². The Kier molecular flexibility index (Phi) is 3.46. The van der Waals surface area contributed by atoms with Crippen LogP contribution in [-0.4, -0.2) is 41.0 Å². The minimum atomic E-state index is -0.147. The van der Waals surface area contributed by atoms with E-state index < -0.39 is 0 Å². The number of aromatic nitrogens is 1. The molecule has 1 aliphatic heterocycles. The van der Waals surface area contributed by atoms with Gasteiger partial charge in [-0.1, -0.05) is 5.16 Å². The number of likely N-dealkylation sites (tertiary alicyclic amines) is 1. The van der Waals surface area contributed by atoms with E-state index in [0.29, 0.717) is 30.6 Å². The number of aryl methyl sites for hydroxylation is 1. The van der Waals surface area contributed by atoms with Crippen molar-refractivity contribution in [1.29, 1.82) is 0 Å². The molecule has 0 spiro atoms. The number of rotatable bonds is 3. The van der Waals surface area contributed by atoms with Crippen LogP contribution in [-0.2, 0) is 4.79 Å². The number of carbonyl (C=O) groups is 2. The van der Waals surface area contributed by atoms with Crippen LogP contribution in [0.1, 0.15) is 41.9 Å². The first-order valence-corrected chi connectivity index (χ1v) is 7.16. The van der Waals surface area contributed by atoms with Crippen LogP contribution in [0.2, 0.25) is 0 Å². The standard InChI is InChI=1S/C14H19N3O3/c1-9-7-12(16-20-9)14(19)17-6-2-3-10(8-17)13(18)15-11-4-5-11/h7,10-11H,2-6,8H2,1H3,(H,15,18). The molecule has 0 aromatic carbocycles. The molecule has 3 rings (SSSR count). The average Bonchev–Trinajstić information content (AvgIpc) is 3.17. The molecule has 2 amide bonds. The highest BCUT2D eigenvalue weighted by atomic mass is 16.5. The first kappa shape index (κ1) is 13.1. The molecule has 1 aromatic heterocycles. The predicted molar refractivity (Wildman–Crippen MR) is 71.0 cm³/mol. The summed E-state index contributed by atoms with van der Waals surface area (Å²) in [6.07, 6.45) is 3.87. The summed E-state index contributed by atoms with van der Waals surface area (Å²) in [4.78, 5) is 26.1. The molecule has 2 fully saturated rings. The van der Waals surface area contributed by atoms with Gasteiger partial charge >= 0.3 is 0 Å². The second-order valence-electron chi connectivity index (χ2n) is 5.70. The fraction of sp³-hybridized carbons (Fsp3) is 0.643. The van der Waals surface area contributed by atoms with E-state index in [2.05, 4.69) is 10.5 Å². The molecule has 20 heavy (non-hydrogen) atoms. The Morgan fingerprint density at radius 3 is 2.85 bits per heavy atom. The van der Waals surface area contributed by atoms with Crippen LogP contribution in [0.3, 0.4) is 0 Å². The van der Waals surface area contributed by atoms with Crippen molar-refractivity contribution in [1.82, 2.24) is 15.4 Å². The van der Waals surface area contributed by atoms with E-state index in [9.17, 15) is 9.59 Å². The fourth-order valence-electron chi connectivity index (χ4n) is 2.55. The monoisotopic (exact) mass is 277 g/mol. The van der Waals surface area contributed by atoms with Gasteiger partial charge in [0, 0.05) is 25.2 Å². The molecule has 1 atom stereocenters. The second kappa shape index (κ2) is 5.26. The largest absolute Gasteiger partial charge is 0.361 e. The number of carbonyl (C=O) groups excluding carboxylic acids is 2. The Morgan fingerprint density at radius 1 is 1.40 bits per heavy atom. The van der Waals surface area contributed by atoms with Gasteiger partial charge in [-0.25, -0.2) is 0 Å². The lowest BCUT2D eigenvalue weighted by Gasteiger charge is -2.31. The first-order valence-electron chi connectivity index (χ1n) is 7.16. The van der Waals surface area contributed by atoms with E-state index >= 15 is 0 Å². The number of hydrogen-bond donors (Lipinski definition) is 1. The zero-order valence-corrected chi connectivity index (χ0v) is 11.6. The molecule has 6 nitrogen and oxygen atoms in total. The highest BCUT2D eigenvalue weighted by molar-refractivity contribution is 5.92. The Balaban J connectivity index is 1.62. The number of amides is 2. The molecule has 2 heterocycles. The van der Waals surface area contributed by atoms with Crippen LogP contribution < -0.4 is 5.32 Å². The topological polar surface area (TPSA) is 75.4 Å². The second-order valence-corrected chi connectivity index (χ2v) is 5.70. The van der Waals surface area contributed by atoms with E-state index in [1.165, 1.54) is 0 Å². The van der Waals surface area contributed by atoms with E-state index in [4.69, 9.17) is 4.52 Å². The van der Waals surface area contributed by atoms with Crippen molar-refractivity contribution in [2.45, 2.75) is 38.6 Å². The lowest BCUT2D eigenvalue weighted by molar-refractivity contribution is -0.126. The molecular weight excluding hydrogens is 258 g/mol. The number of nitrogens with one attached hydrogen (secondary N) is 1. The molecule has 0 radical (unpaired) electrons. The maximum Gasteiger partial charge on any atom is 0.276 e. The number of nitrogens with zero attached hydrogens (tertiary/aromatic N) is 2. The van der Waals surface area contributed by atoms with Gasteiger partial charge in [0.15, 0.2) is 5.69 Å². The Hall–Kier alpha value is -1.85. The molecular formula is C14H19N3O3. The molecule has 1 unspecified atom stereocenters. The Morgan fingerprint density at radius 2 is 2.20 bits per heavy atom. The van der Waals surface area contributed by atoms with Gasteiger partial charge in [-0.15, -0.1) is 0 Å². The molecule has 1 aromatic rings. The van der Waals surface area contributed by atoms with Gasteiger partial charge in [-0.2, -0.15) is 0 Å². The minimum absolute atomic E-state index is 0.0846. The summed E-state index contributed by atoms with van der Waals surface area (Å²) in [6.45, 7) is 2.91. The molecule has 2 aliphatic rings. The Bertz CT molecular complexity index is 521. The zero-order chi connectivity index (χ0) is 14.1. The van der Waals surface area contributed by atoms with Gasteiger partial charge in [-0.05, 0) is 32.6 Å². The van der Waals surface area contributed by atoms with Gasteiger partial charge in [0.05, 0.1) is 5.92 Å². The van der Waals surface area contributed by atoms with Gasteiger partial charge in [0.25, 0.3) is 5.91 Å². The van der Waals surface area contributed by atoms with E-state index in [1.807, 2.05) is 0 Å². The van der Waals surface area contributed by atoms with Crippen LogP contribution in [0.5, 0.6) is 0 Å². The summed E-state index contributed by atoms with van der Waals surface area (Å²) >= 11 is 0. The van der Waals surface area contributed by atoms with Crippen LogP contribution >= 0.6 is 0 Å². The van der Waals surface area contributed by atoms with Crippen molar-refractivity contribution in [2.24, 2.45) is 5.92 Å². The lowest BCUT2D eigenvalue weighted by atomic mass is 9.97. The average molecular weight is 277 g/mol. The summed E-state index contributed by atoms with van der Waals surface area (Å²) in [5.74, 6) is 0.460. The van der Waals surface area contributed by atoms with Crippen molar-refractivity contribution in [3.8, 4) is 0 Å². The van der Waals surface area contributed by atoms with Crippen molar-refractivity contribution in [3.63, 3.8) is 0 Å². The lowest BCUT2D eigenvalue weighted by Crippen LogP contribution is -2.46. The highest BCUT2D eigenvalue weighted by Crippen LogP contribution is 2.23. The maximum atomic E-state index is 12.3. The quantitative estimate of drug-likeness (QED) is 0.898. The highest BCUT2D eigenvalue weighted by Gasteiger charge is 2.32. The molecule has 1 N–H and O–H groups in total. The zero-order valence-electron chi connectivity index (χ0n) is 11.6. The van der Waals surface area contributed by atoms with E-state index in [1.54, 1.807) is 17.9 Å². The summed E-state index contributed by atoms with van der Waals surface area (Å²) in [5.41, 5.74) is 0.325. The fourth-order valence-corrected chi connectivity index (χ4v) is 2.55. The smallest absolute Gasteiger partial charge is 0.276 e. The third-order valence-corrected chi connectivity index (χ3v) is 3.85. The van der Waals surface area contributed by atoms with Crippen molar-refractivity contribution >= 4 is 11.8 Å². The Labute approximate surface area is 117 Å². The third kappa shape index (κ3) is 2.84. The minimum Gasteiger partial charge on any atom is -0.361 e. The van der Waals surface area contributed by atoms with Gasteiger partial charge in [-0.3, -0.25) is 9.59 Å². The molecule has 1 aliphatic carbocycles. The van der Waals surface area contributed by atoms with Gasteiger partial charge in [0.1, 0.15) is 5.76 Å². The van der Waals surface area contributed by atoms with Gasteiger partial charge in [0.2, 0.25) is 5.91 Å². The summed E-state index contributed by atoms with van der Waals surface area (Å²) in [6, 6.07) is 2.00. The summed E-state index contributed by atoms with van der Waals surface area (Å²) in [5, 5.41) is 6.77. The van der Waals surface area contributed by atoms with Crippen LogP contribution in [0.4, 0.5) is 0 Å². The predicted octanol–water partition coefficient (Wildman–Crippen LogP) is 1.11.